The van der Waals surface area contributed by atoms with Gasteiger partial charge in [-0.3, -0.25) is 4.79 Å². The SMILES string of the molecule is CC(C)N(CC(=O)O)C(=O)NCCc1nncn1C. The monoisotopic (exact) mass is 269 g/mol. The summed E-state index contributed by atoms with van der Waals surface area (Å²) in [6.45, 7) is 3.61. The van der Waals surface area contributed by atoms with Gasteiger partial charge in [0.05, 0.1) is 0 Å². The van der Waals surface area contributed by atoms with Gasteiger partial charge in [0.2, 0.25) is 0 Å². The van der Waals surface area contributed by atoms with E-state index >= 15 is 0 Å². The van der Waals surface area contributed by atoms with Gasteiger partial charge in [0.1, 0.15) is 18.7 Å². The fourth-order valence-electron chi connectivity index (χ4n) is 1.55. The summed E-state index contributed by atoms with van der Waals surface area (Å²) in [5.74, 6) is -0.271. The van der Waals surface area contributed by atoms with E-state index in [0.717, 1.165) is 5.82 Å². The zero-order valence-corrected chi connectivity index (χ0v) is 11.3. The summed E-state index contributed by atoms with van der Waals surface area (Å²) in [4.78, 5) is 23.8. The molecule has 0 aliphatic carbocycles. The number of carbonyl (C=O) groups excluding carboxylic acids is 1. The Kier molecular flexibility index (Phi) is 5.28. The van der Waals surface area contributed by atoms with Crippen LogP contribution in [0.2, 0.25) is 0 Å². The highest BCUT2D eigenvalue weighted by molar-refractivity contribution is 5.80. The van der Waals surface area contributed by atoms with Crippen LogP contribution in [0, 0.1) is 0 Å². The Labute approximate surface area is 111 Å². The van der Waals surface area contributed by atoms with E-state index in [0.29, 0.717) is 13.0 Å². The molecule has 0 bridgehead atoms. The van der Waals surface area contributed by atoms with Crippen LogP contribution in [0.5, 0.6) is 0 Å². The average Bonchev–Trinajstić information content (AvgIpc) is 2.71. The van der Waals surface area contributed by atoms with Gasteiger partial charge >= 0.3 is 12.0 Å². The first-order valence-electron chi connectivity index (χ1n) is 6.01. The first-order valence-corrected chi connectivity index (χ1v) is 6.01. The number of carboxylic acids is 1. The molecule has 0 saturated heterocycles. The van der Waals surface area contributed by atoms with Gasteiger partial charge in [0, 0.05) is 26.1 Å². The maximum absolute atomic E-state index is 11.8. The highest BCUT2D eigenvalue weighted by Gasteiger charge is 2.19. The number of carboxylic acid groups (broad SMARTS) is 1. The lowest BCUT2D eigenvalue weighted by molar-refractivity contribution is -0.138. The van der Waals surface area contributed by atoms with Crippen LogP contribution >= 0.6 is 0 Å². The summed E-state index contributed by atoms with van der Waals surface area (Å²) in [7, 11) is 1.82. The molecule has 0 radical (unpaired) electrons. The van der Waals surface area contributed by atoms with Crippen molar-refractivity contribution in [3.63, 3.8) is 0 Å². The van der Waals surface area contributed by atoms with Crippen LogP contribution in [-0.2, 0) is 18.3 Å². The summed E-state index contributed by atoms with van der Waals surface area (Å²) in [6, 6.07) is -0.564. The van der Waals surface area contributed by atoms with Crippen LogP contribution in [0.3, 0.4) is 0 Å². The fourth-order valence-corrected chi connectivity index (χ4v) is 1.55. The minimum Gasteiger partial charge on any atom is -0.480 e. The largest absolute Gasteiger partial charge is 0.480 e. The lowest BCUT2D eigenvalue weighted by Gasteiger charge is -2.25. The Morgan fingerprint density at radius 3 is 2.68 bits per heavy atom. The van der Waals surface area contributed by atoms with Crippen LogP contribution in [0.25, 0.3) is 0 Å². The molecule has 0 spiro atoms. The molecular formula is C11H19N5O3. The fraction of sp³-hybridized carbons (Fsp3) is 0.636. The standard InChI is InChI=1S/C11H19N5O3/c1-8(2)16(6-10(17)18)11(19)12-5-4-9-14-13-7-15(9)3/h7-8H,4-6H2,1-3H3,(H,12,19)(H,17,18). The minimum atomic E-state index is -1.03. The molecule has 1 aromatic heterocycles. The summed E-state index contributed by atoms with van der Waals surface area (Å²) >= 11 is 0. The maximum atomic E-state index is 11.8. The molecular weight excluding hydrogens is 250 g/mol. The molecule has 0 saturated carbocycles. The molecule has 0 fully saturated rings. The van der Waals surface area contributed by atoms with Crippen LogP contribution in [0.1, 0.15) is 19.7 Å². The van der Waals surface area contributed by atoms with Crippen molar-refractivity contribution in [2.24, 2.45) is 7.05 Å². The Bertz CT molecular complexity index is 443. The molecule has 0 aromatic carbocycles. The van der Waals surface area contributed by atoms with E-state index in [1.165, 1.54) is 4.90 Å². The van der Waals surface area contributed by atoms with E-state index < -0.39 is 5.97 Å². The van der Waals surface area contributed by atoms with Crippen LogP contribution in [0.4, 0.5) is 4.79 Å². The van der Waals surface area contributed by atoms with E-state index in [1.54, 1.807) is 24.7 Å². The number of hydrogen-bond acceptors (Lipinski definition) is 4. The lowest BCUT2D eigenvalue weighted by atomic mass is 10.3. The van der Waals surface area contributed by atoms with E-state index in [2.05, 4.69) is 15.5 Å². The summed E-state index contributed by atoms with van der Waals surface area (Å²) < 4.78 is 1.77. The van der Waals surface area contributed by atoms with Gasteiger partial charge in [0.25, 0.3) is 0 Å². The molecule has 2 amide bonds. The van der Waals surface area contributed by atoms with Crippen LogP contribution < -0.4 is 5.32 Å². The first-order chi connectivity index (χ1) is 8.91. The van der Waals surface area contributed by atoms with Crippen molar-refractivity contribution in [3.05, 3.63) is 12.2 Å². The molecule has 106 valence electrons. The molecule has 2 N–H and O–H groups in total. The molecule has 0 aliphatic rings. The normalized spacial score (nSPS) is 10.5. The predicted octanol–water partition coefficient (Wildman–Crippen LogP) is -0.138. The summed E-state index contributed by atoms with van der Waals surface area (Å²) in [5.41, 5.74) is 0. The van der Waals surface area contributed by atoms with Crippen molar-refractivity contribution in [1.82, 2.24) is 25.0 Å². The van der Waals surface area contributed by atoms with Crippen LogP contribution in [0.15, 0.2) is 6.33 Å². The lowest BCUT2D eigenvalue weighted by Crippen LogP contribution is -2.47. The predicted molar refractivity (Wildman–Crippen MR) is 67.6 cm³/mol. The Balaban J connectivity index is 2.44. The van der Waals surface area contributed by atoms with Gasteiger partial charge in [0.15, 0.2) is 0 Å². The van der Waals surface area contributed by atoms with Gasteiger partial charge in [-0.1, -0.05) is 0 Å². The van der Waals surface area contributed by atoms with Gasteiger partial charge in [-0.2, -0.15) is 0 Å². The van der Waals surface area contributed by atoms with Crippen molar-refractivity contribution < 1.29 is 14.7 Å². The number of urea groups is 1. The van der Waals surface area contributed by atoms with E-state index in [-0.39, 0.29) is 18.6 Å². The highest BCUT2D eigenvalue weighted by Crippen LogP contribution is 1.99. The molecule has 0 unspecified atom stereocenters. The van der Waals surface area contributed by atoms with Crippen LogP contribution in [-0.4, -0.2) is 55.9 Å². The molecule has 1 heterocycles. The number of carbonyl (C=O) groups is 2. The molecule has 0 aliphatic heterocycles. The van der Waals surface area contributed by atoms with Crippen molar-refractivity contribution in [2.45, 2.75) is 26.3 Å². The van der Waals surface area contributed by atoms with Crippen molar-refractivity contribution in [3.8, 4) is 0 Å². The molecule has 1 aromatic rings. The third kappa shape index (κ3) is 4.57. The quantitative estimate of drug-likeness (QED) is 0.748. The second-order valence-corrected chi connectivity index (χ2v) is 4.46. The van der Waals surface area contributed by atoms with Gasteiger partial charge < -0.3 is 19.9 Å². The van der Waals surface area contributed by atoms with Gasteiger partial charge in [-0.05, 0) is 13.8 Å². The number of hydrogen-bond donors (Lipinski definition) is 2. The van der Waals surface area contributed by atoms with Gasteiger partial charge in [-0.15, -0.1) is 10.2 Å². The van der Waals surface area contributed by atoms with E-state index in [1.807, 2.05) is 7.05 Å². The van der Waals surface area contributed by atoms with E-state index in [4.69, 9.17) is 5.11 Å². The summed E-state index contributed by atoms with van der Waals surface area (Å²) in [5, 5.41) is 19.1. The van der Waals surface area contributed by atoms with E-state index in [9.17, 15) is 9.59 Å². The summed E-state index contributed by atoms with van der Waals surface area (Å²) in [6.07, 6.45) is 2.13. The molecule has 1 rings (SSSR count). The number of aliphatic carboxylic acids is 1. The number of rotatable bonds is 6. The minimum absolute atomic E-state index is 0.175. The zero-order valence-electron chi connectivity index (χ0n) is 11.3. The third-order valence-corrected chi connectivity index (χ3v) is 2.62. The Morgan fingerprint density at radius 2 is 2.21 bits per heavy atom. The van der Waals surface area contributed by atoms with Crippen molar-refractivity contribution in [2.75, 3.05) is 13.1 Å². The highest BCUT2D eigenvalue weighted by atomic mass is 16.4. The van der Waals surface area contributed by atoms with Crippen molar-refractivity contribution >= 4 is 12.0 Å². The Hall–Kier alpha value is -2.12. The zero-order chi connectivity index (χ0) is 14.4. The average molecular weight is 269 g/mol. The molecule has 8 nitrogen and oxygen atoms in total. The molecule has 8 heteroatoms. The maximum Gasteiger partial charge on any atom is 0.323 e. The van der Waals surface area contributed by atoms with Crippen molar-refractivity contribution in [1.29, 1.82) is 0 Å². The number of aryl methyl sites for hydroxylation is 1. The topological polar surface area (TPSA) is 100 Å². The number of aromatic nitrogens is 3. The second-order valence-electron chi connectivity index (χ2n) is 4.46. The first kappa shape index (κ1) is 14.9. The molecule has 0 atom stereocenters. The second kappa shape index (κ2) is 6.72. The number of nitrogens with one attached hydrogen (secondary N) is 1. The van der Waals surface area contributed by atoms with Gasteiger partial charge in [-0.25, -0.2) is 4.79 Å². The third-order valence-electron chi connectivity index (χ3n) is 2.62. The number of amides is 2. The Morgan fingerprint density at radius 1 is 1.53 bits per heavy atom. The molecule has 19 heavy (non-hydrogen) atoms. The smallest absolute Gasteiger partial charge is 0.323 e. The number of nitrogens with zero attached hydrogens (tertiary/aromatic N) is 4.